The number of hydrogen-bond donors (Lipinski definition) is 1. The van der Waals surface area contributed by atoms with Gasteiger partial charge in [0.25, 0.3) is 5.56 Å². The minimum absolute atomic E-state index is 0.0531. The summed E-state index contributed by atoms with van der Waals surface area (Å²) in [5, 5.41) is 9.52. The predicted molar refractivity (Wildman–Crippen MR) is 130 cm³/mol. The zero-order valence-electron chi connectivity index (χ0n) is 20.5. The zero-order chi connectivity index (χ0) is 26.0. The van der Waals surface area contributed by atoms with Gasteiger partial charge in [0.05, 0.1) is 26.2 Å². The molecule has 0 saturated carbocycles. The summed E-state index contributed by atoms with van der Waals surface area (Å²) >= 11 is 0. The molecule has 1 N–H and O–H groups in total. The predicted octanol–water partition coefficient (Wildman–Crippen LogP) is 3.49. The highest BCUT2D eigenvalue weighted by Crippen LogP contribution is 2.44. The Labute approximate surface area is 207 Å². The van der Waals surface area contributed by atoms with Crippen LogP contribution in [0.2, 0.25) is 0 Å². The van der Waals surface area contributed by atoms with Crippen LogP contribution in [0.1, 0.15) is 41.6 Å². The average molecular weight is 494 g/mol. The van der Waals surface area contributed by atoms with Gasteiger partial charge in [-0.1, -0.05) is 12.1 Å². The van der Waals surface area contributed by atoms with Crippen molar-refractivity contribution in [1.82, 2.24) is 4.57 Å². The molecule has 1 aromatic heterocycles. The van der Waals surface area contributed by atoms with Gasteiger partial charge in [-0.15, -0.1) is 0 Å². The maximum Gasteiger partial charge on any atom is 0.312 e. The molecule has 0 fully saturated rings. The molecule has 0 amide bonds. The number of nitrogens with zero attached hydrogens (tertiary/aromatic N) is 1. The number of aromatic hydroxyl groups is 1. The molecule has 0 unspecified atom stereocenters. The van der Waals surface area contributed by atoms with E-state index in [9.17, 15) is 19.5 Å². The van der Waals surface area contributed by atoms with E-state index in [0.717, 1.165) is 5.56 Å². The Balaban J connectivity index is 1.79. The number of phenols is 1. The van der Waals surface area contributed by atoms with Crippen LogP contribution in [-0.2, 0) is 22.6 Å². The molecule has 9 heteroatoms. The van der Waals surface area contributed by atoms with Crippen molar-refractivity contribution < 1.29 is 33.6 Å². The molecular formula is C27H27NO8. The number of benzene rings is 2. The number of hydrogen-bond acceptors (Lipinski definition) is 8. The van der Waals surface area contributed by atoms with Crippen molar-refractivity contribution in [1.29, 1.82) is 0 Å². The molecule has 2 heterocycles. The first-order chi connectivity index (χ1) is 17.2. The Morgan fingerprint density at radius 3 is 2.31 bits per heavy atom. The van der Waals surface area contributed by atoms with Gasteiger partial charge in [0.1, 0.15) is 11.5 Å². The zero-order valence-corrected chi connectivity index (χ0v) is 20.5. The lowest BCUT2D eigenvalue weighted by atomic mass is 9.86. The Morgan fingerprint density at radius 2 is 1.72 bits per heavy atom. The number of aromatic nitrogens is 1. The van der Waals surface area contributed by atoms with E-state index in [1.807, 2.05) is 12.1 Å². The van der Waals surface area contributed by atoms with Crippen LogP contribution in [-0.4, -0.2) is 35.8 Å². The molecule has 0 spiro atoms. The van der Waals surface area contributed by atoms with Gasteiger partial charge in [-0.2, -0.15) is 0 Å². The quantitative estimate of drug-likeness (QED) is 0.393. The van der Waals surface area contributed by atoms with Gasteiger partial charge < -0.3 is 28.6 Å². The summed E-state index contributed by atoms with van der Waals surface area (Å²) in [6.07, 6.45) is 0.519. The SMILES string of the molecule is COc1cc([C@H]2CC(=O)Oc3cc(C)n(CCc4ccc(O)cc4)c(=O)c32)cc(OC)c1OC(C)=O. The van der Waals surface area contributed by atoms with E-state index in [1.54, 1.807) is 41.8 Å². The number of carbonyl (C=O) groups is 2. The lowest BCUT2D eigenvalue weighted by molar-refractivity contribution is -0.135. The molecule has 1 aliphatic rings. The molecule has 0 bridgehead atoms. The molecule has 1 atom stereocenters. The lowest BCUT2D eigenvalue weighted by Crippen LogP contribution is -2.33. The average Bonchev–Trinajstić information content (AvgIpc) is 2.84. The van der Waals surface area contributed by atoms with E-state index in [-0.39, 0.29) is 40.7 Å². The summed E-state index contributed by atoms with van der Waals surface area (Å²) in [5.41, 5.74) is 2.31. The van der Waals surface area contributed by atoms with Gasteiger partial charge in [-0.3, -0.25) is 14.4 Å². The van der Waals surface area contributed by atoms with E-state index >= 15 is 0 Å². The summed E-state index contributed by atoms with van der Waals surface area (Å²) < 4.78 is 23.2. The second-order valence-electron chi connectivity index (χ2n) is 8.52. The van der Waals surface area contributed by atoms with Crippen molar-refractivity contribution in [2.24, 2.45) is 0 Å². The number of aryl methyl sites for hydroxylation is 2. The van der Waals surface area contributed by atoms with Crippen molar-refractivity contribution in [3.05, 3.63) is 75.2 Å². The number of esters is 2. The maximum absolute atomic E-state index is 13.7. The monoisotopic (exact) mass is 493 g/mol. The maximum atomic E-state index is 13.7. The van der Waals surface area contributed by atoms with Crippen molar-refractivity contribution in [3.63, 3.8) is 0 Å². The Kier molecular flexibility index (Phi) is 7.00. The number of fused-ring (bicyclic) bond motifs is 1. The molecule has 0 aliphatic carbocycles. The molecule has 2 aromatic carbocycles. The van der Waals surface area contributed by atoms with Crippen LogP contribution in [0, 0.1) is 6.92 Å². The first-order valence-electron chi connectivity index (χ1n) is 11.4. The highest BCUT2D eigenvalue weighted by molar-refractivity contribution is 5.78. The molecule has 3 aromatic rings. The third kappa shape index (κ3) is 4.91. The molecule has 188 valence electrons. The topological polar surface area (TPSA) is 113 Å². The minimum Gasteiger partial charge on any atom is -0.508 e. The van der Waals surface area contributed by atoms with Crippen LogP contribution >= 0.6 is 0 Å². The Bertz CT molecular complexity index is 1350. The van der Waals surface area contributed by atoms with Crippen LogP contribution in [0.15, 0.2) is 47.3 Å². The van der Waals surface area contributed by atoms with Crippen molar-refractivity contribution >= 4 is 11.9 Å². The Morgan fingerprint density at radius 1 is 1.08 bits per heavy atom. The number of pyridine rings is 1. The van der Waals surface area contributed by atoms with E-state index in [2.05, 4.69) is 0 Å². The first-order valence-corrected chi connectivity index (χ1v) is 11.4. The largest absolute Gasteiger partial charge is 0.508 e. The highest BCUT2D eigenvalue weighted by Gasteiger charge is 2.34. The number of ether oxygens (including phenoxy) is 4. The lowest BCUT2D eigenvalue weighted by Gasteiger charge is -2.27. The molecule has 1 aliphatic heterocycles. The van der Waals surface area contributed by atoms with E-state index in [1.165, 1.54) is 21.1 Å². The smallest absolute Gasteiger partial charge is 0.312 e. The van der Waals surface area contributed by atoms with Gasteiger partial charge in [0.2, 0.25) is 5.75 Å². The molecule has 4 rings (SSSR count). The highest BCUT2D eigenvalue weighted by atomic mass is 16.6. The van der Waals surface area contributed by atoms with Gasteiger partial charge in [-0.05, 0) is 48.7 Å². The second-order valence-corrected chi connectivity index (χ2v) is 8.52. The second kappa shape index (κ2) is 10.2. The van der Waals surface area contributed by atoms with E-state index in [4.69, 9.17) is 18.9 Å². The third-order valence-electron chi connectivity index (χ3n) is 6.14. The summed E-state index contributed by atoms with van der Waals surface area (Å²) in [6, 6.07) is 11.8. The number of phenolic OH excluding ortho intramolecular Hbond substituents is 1. The molecule has 36 heavy (non-hydrogen) atoms. The molecule has 0 radical (unpaired) electrons. The van der Waals surface area contributed by atoms with Crippen LogP contribution in [0.5, 0.6) is 28.7 Å². The van der Waals surface area contributed by atoms with Crippen molar-refractivity contribution in [2.75, 3.05) is 14.2 Å². The summed E-state index contributed by atoms with van der Waals surface area (Å²) in [4.78, 5) is 37.8. The number of rotatable bonds is 7. The van der Waals surface area contributed by atoms with Gasteiger partial charge in [0, 0.05) is 31.1 Å². The van der Waals surface area contributed by atoms with Gasteiger partial charge >= 0.3 is 11.9 Å². The van der Waals surface area contributed by atoms with Crippen LogP contribution in [0.3, 0.4) is 0 Å². The molecular weight excluding hydrogens is 466 g/mol. The van der Waals surface area contributed by atoms with Crippen molar-refractivity contribution in [2.45, 2.75) is 39.2 Å². The standard InChI is InChI=1S/C27H27NO8/c1-15-11-21-25(27(32)28(15)10-9-17-5-7-19(30)8-6-17)20(14-24(31)36-21)18-12-22(33-3)26(35-16(2)29)23(13-18)34-4/h5-8,11-13,20,30H,9-10,14H2,1-4H3/t20-/m1/s1. The van der Waals surface area contributed by atoms with Gasteiger partial charge in [-0.25, -0.2) is 0 Å². The fraction of sp³-hybridized carbons (Fsp3) is 0.296. The third-order valence-corrected chi connectivity index (χ3v) is 6.14. The fourth-order valence-corrected chi connectivity index (χ4v) is 4.41. The molecule has 0 saturated heterocycles. The van der Waals surface area contributed by atoms with E-state index < -0.39 is 17.9 Å². The van der Waals surface area contributed by atoms with Crippen LogP contribution in [0.25, 0.3) is 0 Å². The first kappa shape index (κ1) is 24.8. The van der Waals surface area contributed by atoms with Crippen LogP contribution < -0.4 is 24.5 Å². The number of methoxy groups -OCH3 is 2. The fourth-order valence-electron chi connectivity index (χ4n) is 4.41. The van der Waals surface area contributed by atoms with Crippen molar-refractivity contribution in [3.8, 4) is 28.7 Å². The summed E-state index contributed by atoms with van der Waals surface area (Å²) in [7, 11) is 2.85. The normalized spacial score (nSPS) is 14.6. The summed E-state index contributed by atoms with van der Waals surface area (Å²) in [5.74, 6) is -0.640. The number of carbonyl (C=O) groups excluding carboxylic acids is 2. The minimum atomic E-state index is -0.622. The van der Waals surface area contributed by atoms with Crippen LogP contribution in [0.4, 0.5) is 0 Å². The Hall–Kier alpha value is -4.27. The summed E-state index contributed by atoms with van der Waals surface area (Å²) in [6.45, 7) is 3.46. The molecule has 9 nitrogen and oxygen atoms in total. The van der Waals surface area contributed by atoms with Gasteiger partial charge in [0.15, 0.2) is 11.5 Å². The van der Waals surface area contributed by atoms with E-state index in [0.29, 0.717) is 29.8 Å².